The zero-order valence-electron chi connectivity index (χ0n) is 50.1. The van der Waals surface area contributed by atoms with Crippen molar-refractivity contribution in [3.05, 3.63) is 60.8 Å². The third-order valence-corrected chi connectivity index (χ3v) is 14.4. The maximum absolute atomic E-state index is 12.8. The first-order chi connectivity index (χ1) is 37.0. The maximum Gasteiger partial charge on any atom is 0.306 e. The van der Waals surface area contributed by atoms with Crippen molar-refractivity contribution in [2.24, 2.45) is 0 Å². The fraction of sp³-hybridized carbons (Fsp3) is 0.812. The number of esters is 3. The number of hydrogen-bond donors (Lipinski definition) is 0. The highest BCUT2D eigenvalue weighted by atomic mass is 16.6. The van der Waals surface area contributed by atoms with Gasteiger partial charge in [-0.05, 0) is 96.3 Å². The van der Waals surface area contributed by atoms with Crippen molar-refractivity contribution in [3.63, 3.8) is 0 Å². The molecule has 0 amide bonds. The standard InChI is InChI=1S/C69H124O6/c1-4-7-10-13-16-19-22-24-26-27-28-29-30-31-32-33-34-35-36-37-38-39-40-41-42-43-44-46-47-50-53-56-59-62-68(71)74-65-66(64-73-67(70)61-58-55-52-49-21-18-15-12-9-6-3)75-69(72)63-60-57-54-51-48-45-25-23-20-17-14-11-8-5-2/h12,14-15,17,22-25,27-28,66H,4-11,13,16,18-21,26,29-65H2,1-3H3/b15-12-,17-14-,24-22-,25-23-,28-27-. The zero-order valence-corrected chi connectivity index (χ0v) is 50.1. The van der Waals surface area contributed by atoms with Crippen LogP contribution in [0.25, 0.3) is 0 Å². The van der Waals surface area contributed by atoms with Gasteiger partial charge >= 0.3 is 17.9 Å². The van der Waals surface area contributed by atoms with Crippen LogP contribution in [0.3, 0.4) is 0 Å². The Bertz CT molecular complexity index is 1340. The monoisotopic (exact) mass is 1050 g/mol. The molecule has 0 spiro atoms. The van der Waals surface area contributed by atoms with Crippen LogP contribution in [0.2, 0.25) is 0 Å². The smallest absolute Gasteiger partial charge is 0.306 e. The Morgan fingerprint density at radius 2 is 0.520 bits per heavy atom. The first-order valence-corrected chi connectivity index (χ1v) is 32.8. The minimum Gasteiger partial charge on any atom is -0.462 e. The van der Waals surface area contributed by atoms with E-state index in [1.54, 1.807) is 0 Å². The molecule has 6 nitrogen and oxygen atoms in total. The first kappa shape index (κ1) is 72.1. The largest absolute Gasteiger partial charge is 0.462 e. The van der Waals surface area contributed by atoms with Crippen LogP contribution in [-0.4, -0.2) is 37.2 Å². The molecule has 1 atom stereocenters. The molecule has 1 unspecified atom stereocenters. The van der Waals surface area contributed by atoms with Crippen LogP contribution in [0.15, 0.2) is 60.8 Å². The van der Waals surface area contributed by atoms with E-state index < -0.39 is 6.10 Å². The normalized spacial score (nSPS) is 12.4. The van der Waals surface area contributed by atoms with Gasteiger partial charge in [0.05, 0.1) is 0 Å². The molecule has 0 heterocycles. The number of rotatable bonds is 60. The zero-order chi connectivity index (χ0) is 54.3. The molecule has 0 N–H and O–H groups in total. The van der Waals surface area contributed by atoms with Crippen LogP contribution in [0.1, 0.15) is 342 Å². The van der Waals surface area contributed by atoms with Crippen LogP contribution >= 0.6 is 0 Å². The first-order valence-electron chi connectivity index (χ1n) is 32.8. The Hall–Kier alpha value is -2.89. The van der Waals surface area contributed by atoms with Crippen LogP contribution in [0, 0.1) is 0 Å². The second kappa shape index (κ2) is 63.6. The Labute approximate surface area is 466 Å². The molecule has 0 aromatic carbocycles. The number of unbranched alkanes of at least 4 members (excludes halogenated alkanes) is 39. The lowest BCUT2D eigenvalue weighted by molar-refractivity contribution is -0.167. The number of ether oxygens (including phenoxy) is 3. The van der Waals surface area contributed by atoms with Gasteiger partial charge in [-0.15, -0.1) is 0 Å². The van der Waals surface area contributed by atoms with Gasteiger partial charge in [0.1, 0.15) is 13.2 Å². The molecule has 0 aliphatic heterocycles. The third-order valence-electron chi connectivity index (χ3n) is 14.4. The van der Waals surface area contributed by atoms with Gasteiger partial charge in [0.15, 0.2) is 6.10 Å². The summed E-state index contributed by atoms with van der Waals surface area (Å²) in [6.45, 7) is 6.54. The fourth-order valence-electron chi connectivity index (χ4n) is 9.49. The minimum atomic E-state index is -0.782. The summed E-state index contributed by atoms with van der Waals surface area (Å²) in [6, 6.07) is 0. The summed E-state index contributed by atoms with van der Waals surface area (Å²) in [5.41, 5.74) is 0. The second-order valence-corrected chi connectivity index (χ2v) is 22.0. The summed E-state index contributed by atoms with van der Waals surface area (Å²) in [5, 5.41) is 0. The van der Waals surface area contributed by atoms with E-state index in [1.165, 1.54) is 199 Å². The lowest BCUT2D eigenvalue weighted by Crippen LogP contribution is -2.30. The predicted octanol–water partition coefficient (Wildman–Crippen LogP) is 22.3. The quantitative estimate of drug-likeness (QED) is 0.0261. The van der Waals surface area contributed by atoms with Crippen LogP contribution in [-0.2, 0) is 28.6 Å². The molecule has 0 aromatic heterocycles. The molecule has 0 aromatic rings. The number of carbonyl (C=O) groups is 3. The Balaban J connectivity index is 4.04. The average Bonchev–Trinajstić information content (AvgIpc) is 3.41. The Morgan fingerprint density at radius 3 is 0.840 bits per heavy atom. The molecule has 0 bridgehead atoms. The average molecular weight is 1050 g/mol. The van der Waals surface area contributed by atoms with Crippen LogP contribution in [0.4, 0.5) is 0 Å². The molecular formula is C69H124O6. The van der Waals surface area contributed by atoms with E-state index in [1.807, 2.05) is 0 Å². The summed E-state index contributed by atoms with van der Waals surface area (Å²) in [7, 11) is 0. The highest BCUT2D eigenvalue weighted by molar-refractivity contribution is 5.71. The van der Waals surface area contributed by atoms with Gasteiger partial charge in [0.25, 0.3) is 0 Å². The van der Waals surface area contributed by atoms with Gasteiger partial charge in [-0.1, -0.05) is 287 Å². The second-order valence-electron chi connectivity index (χ2n) is 22.0. The highest BCUT2D eigenvalue weighted by Crippen LogP contribution is 2.17. The van der Waals surface area contributed by atoms with E-state index in [-0.39, 0.29) is 31.1 Å². The molecule has 0 rings (SSSR count). The van der Waals surface area contributed by atoms with Crippen molar-refractivity contribution in [2.45, 2.75) is 348 Å². The molecule has 0 fully saturated rings. The van der Waals surface area contributed by atoms with Gasteiger partial charge in [-0.3, -0.25) is 14.4 Å². The summed E-state index contributed by atoms with van der Waals surface area (Å²) in [6.07, 6.45) is 81.2. The van der Waals surface area contributed by atoms with Gasteiger partial charge in [-0.2, -0.15) is 0 Å². The summed E-state index contributed by atoms with van der Waals surface area (Å²) in [4.78, 5) is 38.1. The Morgan fingerprint density at radius 1 is 0.267 bits per heavy atom. The molecule has 6 heteroatoms. The van der Waals surface area contributed by atoms with E-state index in [4.69, 9.17) is 14.2 Å². The van der Waals surface area contributed by atoms with E-state index >= 15 is 0 Å². The van der Waals surface area contributed by atoms with Gasteiger partial charge in [0.2, 0.25) is 0 Å². The predicted molar refractivity (Wildman–Crippen MR) is 325 cm³/mol. The SMILES string of the molecule is CCC/C=C\CCCCCCCC(=O)OCC(COC(=O)CCCCCCCCCCCCCCCCCCCCCCC/C=C\C/C=C\CCCCCCC)OC(=O)CCCCCCC/C=C\C/C=C\CCCC. The van der Waals surface area contributed by atoms with Crippen molar-refractivity contribution in [3.8, 4) is 0 Å². The Kier molecular flexibility index (Phi) is 61.2. The van der Waals surface area contributed by atoms with Gasteiger partial charge in [-0.25, -0.2) is 0 Å². The summed E-state index contributed by atoms with van der Waals surface area (Å²) in [5.74, 6) is -0.891. The van der Waals surface area contributed by atoms with Crippen molar-refractivity contribution in [2.75, 3.05) is 13.2 Å². The molecule has 0 aliphatic rings. The highest BCUT2D eigenvalue weighted by Gasteiger charge is 2.19. The van der Waals surface area contributed by atoms with Crippen molar-refractivity contribution in [1.82, 2.24) is 0 Å². The molecule has 0 saturated heterocycles. The van der Waals surface area contributed by atoms with E-state index in [2.05, 4.69) is 81.5 Å². The lowest BCUT2D eigenvalue weighted by atomic mass is 10.0. The van der Waals surface area contributed by atoms with Crippen molar-refractivity contribution in [1.29, 1.82) is 0 Å². The molecule has 0 radical (unpaired) electrons. The fourth-order valence-corrected chi connectivity index (χ4v) is 9.49. The van der Waals surface area contributed by atoms with Gasteiger partial charge < -0.3 is 14.2 Å². The number of hydrogen-bond acceptors (Lipinski definition) is 6. The minimum absolute atomic E-state index is 0.0795. The maximum atomic E-state index is 12.8. The number of carbonyl (C=O) groups excluding carboxylic acids is 3. The van der Waals surface area contributed by atoms with Crippen molar-refractivity contribution < 1.29 is 28.6 Å². The van der Waals surface area contributed by atoms with E-state index in [0.29, 0.717) is 19.3 Å². The number of allylic oxidation sites excluding steroid dienone is 10. The summed E-state index contributed by atoms with van der Waals surface area (Å²) >= 11 is 0. The molecule has 0 aliphatic carbocycles. The molecule has 75 heavy (non-hydrogen) atoms. The van der Waals surface area contributed by atoms with Gasteiger partial charge in [0, 0.05) is 19.3 Å². The third kappa shape index (κ3) is 61.8. The topological polar surface area (TPSA) is 78.9 Å². The molecule has 436 valence electrons. The summed E-state index contributed by atoms with van der Waals surface area (Å²) < 4.78 is 16.8. The van der Waals surface area contributed by atoms with E-state index in [0.717, 1.165) is 103 Å². The lowest BCUT2D eigenvalue weighted by Gasteiger charge is -2.18. The van der Waals surface area contributed by atoms with Crippen LogP contribution in [0.5, 0.6) is 0 Å². The molecule has 0 saturated carbocycles. The molecular weight excluding hydrogens is 925 g/mol. The van der Waals surface area contributed by atoms with Crippen LogP contribution < -0.4 is 0 Å². The van der Waals surface area contributed by atoms with E-state index in [9.17, 15) is 14.4 Å². The van der Waals surface area contributed by atoms with Crippen molar-refractivity contribution >= 4 is 17.9 Å².